The van der Waals surface area contributed by atoms with Gasteiger partial charge in [-0.2, -0.15) is 11.8 Å². The number of aryl methyl sites for hydroxylation is 1. The van der Waals surface area contributed by atoms with Crippen LogP contribution in [0, 0.1) is 5.92 Å². The molecule has 21 heavy (non-hydrogen) atoms. The number of hydrogen-bond donors (Lipinski definition) is 0. The Morgan fingerprint density at radius 1 is 1.38 bits per heavy atom. The van der Waals surface area contributed by atoms with E-state index in [1.165, 1.54) is 16.2 Å². The molecule has 3 aliphatic rings. The zero-order valence-corrected chi connectivity index (χ0v) is 13.7. The quantitative estimate of drug-likeness (QED) is 0.782. The molecule has 1 aromatic rings. The first-order valence-electron chi connectivity index (χ1n) is 7.71. The van der Waals surface area contributed by atoms with Crippen molar-refractivity contribution in [2.45, 2.75) is 37.0 Å². The van der Waals surface area contributed by atoms with E-state index in [0.717, 1.165) is 42.9 Å². The number of fused-ring (bicyclic) bond motifs is 1. The van der Waals surface area contributed by atoms with Crippen LogP contribution in [-0.2, 0) is 21.6 Å². The van der Waals surface area contributed by atoms with Crippen LogP contribution in [0.2, 0.25) is 0 Å². The molecule has 0 bridgehead atoms. The molecule has 5 heteroatoms. The number of ether oxygens (including phenoxy) is 2. The van der Waals surface area contributed by atoms with Crippen LogP contribution >= 0.6 is 23.1 Å². The Balaban J connectivity index is 1.52. The molecule has 1 aromatic heterocycles. The number of rotatable bonds is 2. The lowest BCUT2D eigenvalue weighted by molar-refractivity contribution is -0.0920. The van der Waals surface area contributed by atoms with Gasteiger partial charge in [0.1, 0.15) is 0 Å². The van der Waals surface area contributed by atoms with E-state index in [4.69, 9.17) is 9.47 Å². The van der Waals surface area contributed by atoms with E-state index in [-0.39, 0.29) is 11.5 Å². The van der Waals surface area contributed by atoms with E-state index in [9.17, 15) is 4.79 Å². The molecule has 0 radical (unpaired) electrons. The molecule has 114 valence electrons. The standard InChI is InChI=1S/C16H20O3S2/c17-15(14-7-12-9-20-6-2-13(12)21-14)11-1-4-19-16(8-11)3-5-18-10-16/h7,11H,1-6,8-10H2. The summed E-state index contributed by atoms with van der Waals surface area (Å²) in [6.45, 7) is 2.13. The number of thiophene rings is 1. The smallest absolute Gasteiger partial charge is 0.176 e. The summed E-state index contributed by atoms with van der Waals surface area (Å²) in [5.41, 5.74) is 1.22. The molecule has 0 aromatic carbocycles. The Hall–Kier alpha value is -0.360. The lowest BCUT2D eigenvalue weighted by Gasteiger charge is -2.36. The molecule has 2 saturated heterocycles. The van der Waals surface area contributed by atoms with E-state index in [0.29, 0.717) is 19.0 Å². The molecule has 3 nitrogen and oxygen atoms in total. The summed E-state index contributed by atoms with van der Waals surface area (Å²) in [6, 6.07) is 2.15. The van der Waals surface area contributed by atoms with Gasteiger partial charge in [0.2, 0.25) is 0 Å². The average molecular weight is 324 g/mol. The van der Waals surface area contributed by atoms with Crippen LogP contribution in [0.3, 0.4) is 0 Å². The predicted octanol–water partition coefficient (Wildman–Crippen LogP) is 3.31. The number of thioether (sulfide) groups is 1. The van der Waals surface area contributed by atoms with Gasteiger partial charge < -0.3 is 9.47 Å². The summed E-state index contributed by atoms with van der Waals surface area (Å²) in [7, 11) is 0. The number of carbonyl (C=O) groups is 1. The molecular formula is C16H20O3S2. The molecule has 0 aliphatic carbocycles. The van der Waals surface area contributed by atoms with Crippen molar-refractivity contribution in [2.75, 3.05) is 25.6 Å². The van der Waals surface area contributed by atoms with Crippen LogP contribution in [-0.4, -0.2) is 37.0 Å². The van der Waals surface area contributed by atoms with Gasteiger partial charge in [0.05, 0.1) is 17.1 Å². The molecule has 3 aliphatic heterocycles. The fourth-order valence-electron chi connectivity index (χ4n) is 3.58. The minimum absolute atomic E-state index is 0.119. The molecule has 4 rings (SSSR count). The van der Waals surface area contributed by atoms with Crippen LogP contribution < -0.4 is 0 Å². The lowest BCUT2D eigenvalue weighted by atomic mass is 9.82. The van der Waals surface area contributed by atoms with E-state index >= 15 is 0 Å². The fourth-order valence-corrected chi connectivity index (χ4v) is 5.98. The molecule has 2 fully saturated rings. The van der Waals surface area contributed by atoms with Gasteiger partial charge in [-0.25, -0.2) is 0 Å². The highest BCUT2D eigenvalue weighted by molar-refractivity contribution is 7.98. The van der Waals surface area contributed by atoms with Crippen molar-refractivity contribution in [3.63, 3.8) is 0 Å². The Morgan fingerprint density at radius 3 is 3.14 bits per heavy atom. The molecule has 0 N–H and O–H groups in total. The number of carbonyl (C=O) groups excluding carboxylic acids is 1. The van der Waals surface area contributed by atoms with Crippen LogP contribution in [0.1, 0.15) is 39.4 Å². The van der Waals surface area contributed by atoms with E-state index < -0.39 is 0 Å². The minimum atomic E-state index is -0.175. The molecular weight excluding hydrogens is 304 g/mol. The second kappa shape index (κ2) is 5.69. The molecule has 2 atom stereocenters. The minimum Gasteiger partial charge on any atom is -0.378 e. The second-order valence-corrected chi connectivity index (χ2v) is 8.49. The topological polar surface area (TPSA) is 35.5 Å². The van der Waals surface area contributed by atoms with Crippen LogP contribution in [0.4, 0.5) is 0 Å². The third kappa shape index (κ3) is 2.69. The van der Waals surface area contributed by atoms with Gasteiger partial charge in [0, 0.05) is 36.2 Å². The third-order valence-corrected chi connectivity index (χ3v) is 7.06. The van der Waals surface area contributed by atoms with Gasteiger partial charge in [-0.1, -0.05) is 0 Å². The van der Waals surface area contributed by atoms with Crippen molar-refractivity contribution >= 4 is 28.9 Å². The first-order valence-corrected chi connectivity index (χ1v) is 9.68. The Morgan fingerprint density at radius 2 is 2.33 bits per heavy atom. The normalized spacial score (nSPS) is 32.3. The highest BCUT2D eigenvalue weighted by Crippen LogP contribution is 2.39. The predicted molar refractivity (Wildman–Crippen MR) is 85.4 cm³/mol. The molecule has 1 spiro atoms. The zero-order chi connectivity index (χ0) is 14.3. The largest absolute Gasteiger partial charge is 0.378 e. The number of Topliss-reactive ketones (excluding diaryl/α,β-unsaturated/α-hetero) is 1. The van der Waals surface area contributed by atoms with Crippen LogP contribution in [0.5, 0.6) is 0 Å². The summed E-state index contributed by atoms with van der Waals surface area (Å²) in [5.74, 6) is 2.73. The zero-order valence-electron chi connectivity index (χ0n) is 12.1. The maximum atomic E-state index is 12.9. The van der Waals surface area contributed by atoms with Gasteiger partial charge in [-0.15, -0.1) is 11.3 Å². The molecule has 0 saturated carbocycles. The summed E-state index contributed by atoms with van der Waals surface area (Å²) in [5, 5.41) is 0. The molecule has 4 heterocycles. The Bertz CT molecular complexity index is 522. The van der Waals surface area contributed by atoms with E-state index in [1.807, 2.05) is 11.8 Å². The van der Waals surface area contributed by atoms with Gasteiger partial charge in [0.25, 0.3) is 0 Å². The fraction of sp³-hybridized carbons (Fsp3) is 0.688. The summed E-state index contributed by atoms with van der Waals surface area (Å²) in [4.78, 5) is 15.3. The Labute approximate surface area is 133 Å². The maximum absolute atomic E-state index is 12.9. The van der Waals surface area contributed by atoms with Gasteiger partial charge in [-0.3, -0.25) is 4.79 Å². The highest BCUT2D eigenvalue weighted by atomic mass is 32.2. The number of ketones is 1. The molecule has 2 unspecified atom stereocenters. The lowest BCUT2D eigenvalue weighted by Crippen LogP contribution is -2.42. The van der Waals surface area contributed by atoms with Crippen molar-refractivity contribution < 1.29 is 14.3 Å². The number of hydrogen-bond acceptors (Lipinski definition) is 5. The average Bonchev–Trinajstić information content (AvgIpc) is 3.13. The van der Waals surface area contributed by atoms with Crippen LogP contribution in [0.25, 0.3) is 0 Å². The van der Waals surface area contributed by atoms with E-state index in [2.05, 4.69) is 6.07 Å². The van der Waals surface area contributed by atoms with Crippen LogP contribution in [0.15, 0.2) is 6.07 Å². The highest BCUT2D eigenvalue weighted by Gasteiger charge is 2.43. The van der Waals surface area contributed by atoms with Crippen molar-refractivity contribution in [3.05, 3.63) is 21.4 Å². The van der Waals surface area contributed by atoms with Gasteiger partial charge in [0.15, 0.2) is 5.78 Å². The maximum Gasteiger partial charge on any atom is 0.176 e. The van der Waals surface area contributed by atoms with Gasteiger partial charge in [-0.05, 0) is 36.6 Å². The summed E-state index contributed by atoms with van der Waals surface area (Å²) >= 11 is 3.71. The van der Waals surface area contributed by atoms with Gasteiger partial charge >= 0.3 is 0 Å². The summed E-state index contributed by atoms with van der Waals surface area (Å²) in [6.07, 6.45) is 3.76. The van der Waals surface area contributed by atoms with Crippen molar-refractivity contribution in [2.24, 2.45) is 5.92 Å². The third-order valence-electron chi connectivity index (χ3n) is 4.80. The van der Waals surface area contributed by atoms with Crippen molar-refractivity contribution in [1.29, 1.82) is 0 Å². The summed E-state index contributed by atoms with van der Waals surface area (Å²) < 4.78 is 11.4. The monoisotopic (exact) mass is 324 g/mol. The molecule has 0 amide bonds. The van der Waals surface area contributed by atoms with E-state index in [1.54, 1.807) is 11.3 Å². The SMILES string of the molecule is O=C(c1cc2c(s1)CCSC2)C1CCOC2(CCOC2)C1. The first-order chi connectivity index (χ1) is 10.3. The second-order valence-electron chi connectivity index (χ2n) is 6.25. The first kappa shape index (κ1) is 14.2. The van der Waals surface area contributed by atoms with Crippen molar-refractivity contribution in [3.8, 4) is 0 Å². The Kier molecular flexibility index (Phi) is 3.86. The van der Waals surface area contributed by atoms with Crippen molar-refractivity contribution in [1.82, 2.24) is 0 Å².